The summed E-state index contributed by atoms with van der Waals surface area (Å²) in [4.78, 5) is 25.6. The summed E-state index contributed by atoms with van der Waals surface area (Å²) in [6, 6.07) is 15.8. The van der Waals surface area contributed by atoms with Gasteiger partial charge in [-0.25, -0.2) is 0 Å². The lowest BCUT2D eigenvalue weighted by Gasteiger charge is -2.08. The van der Waals surface area contributed by atoms with E-state index in [1.807, 2.05) is 0 Å². The van der Waals surface area contributed by atoms with Gasteiger partial charge in [0.25, 0.3) is 0 Å². The molecule has 1 aliphatic carbocycles. The van der Waals surface area contributed by atoms with Gasteiger partial charge in [0.1, 0.15) is 0 Å². The van der Waals surface area contributed by atoms with Gasteiger partial charge in [-0.2, -0.15) is 5.26 Å². The number of ether oxygens (including phenoxy) is 1. The van der Waals surface area contributed by atoms with Gasteiger partial charge in [0.2, 0.25) is 0 Å². The number of benzene rings is 2. The number of rotatable bonds is 5. The van der Waals surface area contributed by atoms with E-state index in [9.17, 15) is 14.9 Å². The summed E-state index contributed by atoms with van der Waals surface area (Å²) in [5, 5.41) is 10.4. The van der Waals surface area contributed by atoms with E-state index in [-0.39, 0.29) is 12.4 Å². The Morgan fingerprint density at radius 3 is 2.35 bits per heavy atom. The van der Waals surface area contributed by atoms with Gasteiger partial charge in [0.15, 0.2) is 11.2 Å². The Morgan fingerprint density at radius 2 is 1.81 bits per heavy atom. The lowest BCUT2D eigenvalue weighted by Crippen LogP contribution is -2.23. The van der Waals surface area contributed by atoms with Gasteiger partial charge in [0, 0.05) is 21.0 Å². The standard InChI is InChI=1S/C20H15BrClNO3/c1-2-26-19(25)20(11-23)16(12-5-9-15(22)10-6-12)17(20)18(24)13-3-7-14(21)8-4-13/h3-10,16-17H,2H2,1H3. The van der Waals surface area contributed by atoms with Crippen LogP contribution in [0.2, 0.25) is 5.02 Å². The van der Waals surface area contributed by atoms with Crippen LogP contribution in [0.5, 0.6) is 0 Å². The molecule has 0 aliphatic heterocycles. The van der Waals surface area contributed by atoms with Crippen molar-refractivity contribution in [3.05, 3.63) is 69.2 Å². The van der Waals surface area contributed by atoms with Gasteiger partial charge in [-0.3, -0.25) is 9.59 Å². The Hall–Kier alpha value is -2.16. The fourth-order valence-electron chi connectivity index (χ4n) is 3.35. The largest absolute Gasteiger partial charge is 0.465 e. The summed E-state index contributed by atoms with van der Waals surface area (Å²) in [6.07, 6.45) is 0. The van der Waals surface area contributed by atoms with Crippen LogP contribution in [0.3, 0.4) is 0 Å². The molecule has 0 N–H and O–H groups in total. The summed E-state index contributed by atoms with van der Waals surface area (Å²) < 4.78 is 5.97. The minimum atomic E-state index is -1.51. The van der Waals surface area contributed by atoms with Crippen molar-refractivity contribution in [2.24, 2.45) is 11.3 Å². The number of hydrogen-bond donors (Lipinski definition) is 0. The highest BCUT2D eigenvalue weighted by molar-refractivity contribution is 9.10. The maximum Gasteiger partial charge on any atom is 0.327 e. The average Bonchev–Trinajstić information content (AvgIpc) is 3.33. The Bertz CT molecular complexity index is 889. The van der Waals surface area contributed by atoms with Gasteiger partial charge in [-0.1, -0.05) is 51.8 Å². The maximum atomic E-state index is 13.1. The van der Waals surface area contributed by atoms with Gasteiger partial charge < -0.3 is 4.74 Å². The monoisotopic (exact) mass is 431 g/mol. The molecule has 0 aromatic heterocycles. The van der Waals surface area contributed by atoms with Crippen molar-refractivity contribution < 1.29 is 14.3 Å². The number of carbonyl (C=O) groups is 2. The molecule has 1 aliphatic rings. The van der Waals surface area contributed by atoms with Gasteiger partial charge in [-0.05, 0) is 36.8 Å². The number of hydrogen-bond acceptors (Lipinski definition) is 4. The normalized spacial score (nSPS) is 23.8. The molecule has 2 aromatic rings. The van der Waals surface area contributed by atoms with Crippen LogP contribution in [0.4, 0.5) is 0 Å². The molecule has 6 heteroatoms. The summed E-state index contributed by atoms with van der Waals surface area (Å²) in [5.41, 5.74) is -0.327. The first kappa shape index (κ1) is 18.6. The van der Waals surface area contributed by atoms with Crippen LogP contribution in [0.1, 0.15) is 28.8 Å². The van der Waals surface area contributed by atoms with Crippen molar-refractivity contribution in [1.29, 1.82) is 5.26 Å². The van der Waals surface area contributed by atoms with E-state index < -0.39 is 23.2 Å². The minimum Gasteiger partial charge on any atom is -0.465 e. The molecule has 0 amide bonds. The Kier molecular flexibility index (Phi) is 5.17. The number of Topliss-reactive ketones (excluding diaryl/α,β-unsaturated/α-hetero) is 1. The van der Waals surface area contributed by atoms with Crippen LogP contribution in [-0.4, -0.2) is 18.4 Å². The third-order valence-electron chi connectivity index (χ3n) is 4.64. The number of esters is 1. The predicted octanol–water partition coefficient (Wildman–Crippen LogP) is 4.77. The molecule has 26 heavy (non-hydrogen) atoms. The molecule has 4 nitrogen and oxygen atoms in total. The van der Waals surface area contributed by atoms with Crippen molar-refractivity contribution in [1.82, 2.24) is 0 Å². The molecule has 132 valence electrons. The second-order valence-corrected chi connectivity index (χ2v) is 7.43. The van der Waals surface area contributed by atoms with E-state index in [4.69, 9.17) is 16.3 Å². The number of halogens is 2. The third kappa shape index (κ3) is 3.04. The minimum absolute atomic E-state index is 0.148. The lowest BCUT2D eigenvalue weighted by atomic mass is 9.99. The molecular formula is C20H15BrClNO3. The Balaban J connectivity index is 2.03. The van der Waals surface area contributed by atoms with Gasteiger partial charge in [0.05, 0.1) is 18.6 Å². The highest BCUT2D eigenvalue weighted by Crippen LogP contribution is 2.66. The van der Waals surface area contributed by atoms with Crippen LogP contribution in [0, 0.1) is 22.7 Å². The fourth-order valence-corrected chi connectivity index (χ4v) is 3.74. The molecule has 3 unspecified atom stereocenters. The molecule has 1 fully saturated rings. The van der Waals surface area contributed by atoms with Gasteiger partial charge in [-0.15, -0.1) is 0 Å². The maximum absolute atomic E-state index is 13.1. The van der Waals surface area contributed by atoms with Crippen LogP contribution in [0.25, 0.3) is 0 Å². The highest BCUT2D eigenvalue weighted by Gasteiger charge is 2.75. The Morgan fingerprint density at radius 1 is 1.19 bits per heavy atom. The smallest absolute Gasteiger partial charge is 0.327 e. The fraction of sp³-hybridized carbons (Fsp3) is 0.250. The quantitative estimate of drug-likeness (QED) is 0.504. The topological polar surface area (TPSA) is 67.2 Å². The van der Waals surface area contributed by atoms with E-state index in [0.29, 0.717) is 10.6 Å². The summed E-state index contributed by atoms with van der Waals surface area (Å²) in [7, 11) is 0. The first-order valence-corrected chi connectivity index (χ1v) is 9.26. The second kappa shape index (κ2) is 7.22. The SMILES string of the molecule is CCOC(=O)C1(C#N)C(C(=O)c2ccc(Br)cc2)C1c1ccc(Cl)cc1. The predicted molar refractivity (Wildman–Crippen MR) is 101 cm³/mol. The number of nitriles is 1. The zero-order valence-corrected chi connectivity index (χ0v) is 16.3. The zero-order chi connectivity index (χ0) is 18.9. The number of nitrogens with zero attached hydrogens (tertiary/aromatic N) is 1. The van der Waals surface area contributed by atoms with E-state index in [1.165, 1.54) is 0 Å². The van der Waals surface area contributed by atoms with E-state index in [1.54, 1.807) is 55.5 Å². The molecule has 0 spiro atoms. The molecule has 0 bridgehead atoms. The van der Waals surface area contributed by atoms with E-state index in [0.717, 1.165) is 10.0 Å². The molecule has 0 heterocycles. The van der Waals surface area contributed by atoms with Gasteiger partial charge >= 0.3 is 5.97 Å². The summed E-state index contributed by atoms with van der Waals surface area (Å²) >= 11 is 9.27. The van der Waals surface area contributed by atoms with Crippen LogP contribution >= 0.6 is 27.5 Å². The average molecular weight is 433 g/mol. The first-order chi connectivity index (χ1) is 12.5. The first-order valence-electron chi connectivity index (χ1n) is 8.09. The summed E-state index contributed by atoms with van der Waals surface area (Å²) in [5.74, 6) is -2.24. The molecule has 2 aromatic carbocycles. The van der Waals surface area contributed by atoms with Crippen molar-refractivity contribution in [3.8, 4) is 6.07 Å². The molecule has 3 rings (SSSR count). The molecule has 0 saturated heterocycles. The van der Waals surface area contributed by atoms with Crippen LogP contribution in [-0.2, 0) is 9.53 Å². The van der Waals surface area contributed by atoms with Crippen molar-refractivity contribution in [2.45, 2.75) is 12.8 Å². The second-order valence-electron chi connectivity index (χ2n) is 6.08. The zero-order valence-electron chi connectivity index (χ0n) is 13.9. The number of ketones is 1. The molecule has 0 radical (unpaired) electrons. The Labute approximate surface area is 164 Å². The lowest BCUT2D eigenvalue weighted by molar-refractivity contribution is -0.147. The molecule has 3 atom stereocenters. The number of carbonyl (C=O) groups excluding carboxylic acids is 2. The van der Waals surface area contributed by atoms with E-state index in [2.05, 4.69) is 22.0 Å². The summed E-state index contributed by atoms with van der Waals surface area (Å²) in [6.45, 7) is 1.82. The molecular weight excluding hydrogens is 418 g/mol. The van der Waals surface area contributed by atoms with Crippen LogP contribution in [0.15, 0.2) is 53.0 Å². The van der Waals surface area contributed by atoms with E-state index >= 15 is 0 Å². The van der Waals surface area contributed by atoms with Crippen LogP contribution < -0.4 is 0 Å². The third-order valence-corrected chi connectivity index (χ3v) is 5.42. The highest BCUT2D eigenvalue weighted by atomic mass is 79.9. The molecule has 1 saturated carbocycles. The van der Waals surface area contributed by atoms with Crippen molar-refractivity contribution in [2.75, 3.05) is 6.61 Å². The van der Waals surface area contributed by atoms with Crippen molar-refractivity contribution in [3.63, 3.8) is 0 Å². The van der Waals surface area contributed by atoms with Crippen molar-refractivity contribution >= 4 is 39.3 Å².